The van der Waals surface area contributed by atoms with Crippen molar-refractivity contribution in [2.24, 2.45) is 0 Å². The van der Waals surface area contributed by atoms with E-state index in [4.69, 9.17) is 0 Å². The van der Waals surface area contributed by atoms with Crippen LogP contribution >= 0.6 is 0 Å². The lowest BCUT2D eigenvalue weighted by Gasteiger charge is -2.09. The second kappa shape index (κ2) is 8.77. The fourth-order valence-corrected chi connectivity index (χ4v) is 3.04. The predicted octanol–water partition coefficient (Wildman–Crippen LogP) is 5.98. The van der Waals surface area contributed by atoms with Crippen LogP contribution in [-0.2, 0) is 6.42 Å². The van der Waals surface area contributed by atoms with Gasteiger partial charge in [-0.2, -0.15) is 0 Å². The topological polar surface area (TPSA) is 22.0 Å². The first-order valence-electron chi connectivity index (χ1n) is 8.90. The number of carbonyl (C=O) groups is 1. The first-order valence-corrected chi connectivity index (χ1v) is 8.90. The molecule has 0 radical (unpaired) electrons. The Kier molecular flexibility index (Phi) is 6.70. The van der Waals surface area contributed by atoms with E-state index in [1.54, 1.807) is 0 Å². The number of carbonyl (C=O) groups excluding carboxylic acids is 1. The molecule has 0 unspecified atom stereocenters. The zero-order valence-electron chi connectivity index (χ0n) is 14.1. The molecule has 0 aliphatic rings. The second-order valence-corrected chi connectivity index (χ2v) is 6.19. The van der Waals surface area contributed by atoms with E-state index < -0.39 is 0 Å². The molecule has 1 heterocycles. The van der Waals surface area contributed by atoms with Crippen molar-refractivity contribution in [1.29, 1.82) is 0 Å². The molecule has 0 saturated heterocycles. The maximum atomic E-state index is 12.6. The summed E-state index contributed by atoms with van der Waals surface area (Å²) in [5, 5.41) is 1.19. The number of benzene rings is 1. The monoisotopic (exact) mass is 299 g/mol. The Balaban J connectivity index is 2.15. The Hall–Kier alpha value is -1.57. The number of fused-ring (bicyclic) bond motifs is 1. The van der Waals surface area contributed by atoms with E-state index in [0.717, 1.165) is 24.8 Å². The highest BCUT2D eigenvalue weighted by Gasteiger charge is 2.14. The van der Waals surface area contributed by atoms with Gasteiger partial charge >= 0.3 is 0 Å². The summed E-state index contributed by atoms with van der Waals surface area (Å²) >= 11 is 0. The van der Waals surface area contributed by atoms with Crippen molar-refractivity contribution in [2.45, 2.75) is 71.6 Å². The summed E-state index contributed by atoms with van der Waals surface area (Å²) < 4.78 is 1.98. The molecule has 0 aliphatic heterocycles. The Morgan fingerprint density at radius 1 is 0.955 bits per heavy atom. The van der Waals surface area contributed by atoms with E-state index >= 15 is 0 Å². The van der Waals surface area contributed by atoms with Crippen molar-refractivity contribution >= 4 is 16.8 Å². The molecule has 1 aromatic heterocycles. The molecule has 2 aromatic rings. The second-order valence-electron chi connectivity index (χ2n) is 6.19. The number of para-hydroxylation sites is 1. The summed E-state index contributed by atoms with van der Waals surface area (Å²) in [6, 6.07) is 10.5. The van der Waals surface area contributed by atoms with Crippen molar-refractivity contribution < 1.29 is 4.79 Å². The molecule has 0 fully saturated rings. The van der Waals surface area contributed by atoms with Gasteiger partial charge in [-0.05, 0) is 31.4 Å². The van der Waals surface area contributed by atoms with Gasteiger partial charge in [0.15, 0.2) is 0 Å². The Morgan fingerprint density at radius 3 is 2.45 bits per heavy atom. The van der Waals surface area contributed by atoms with Crippen LogP contribution in [0.5, 0.6) is 0 Å². The number of hydrogen-bond acceptors (Lipinski definition) is 1. The Bertz CT molecular complexity index is 597. The number of unbranched alkanes of at least 4 members (excludes halogenated alkanes) is 5. The quantitative estimate of drug-likeness (QED) is 0.522. The van der Waals surface area contributed by atoms with Crippen molar-refractivity contribution in [3.63, 3.8) is 0 Å². The SMILES string of the molecule is CCCCCCCc1cc2ccccc2n1C(=O)CCCC. The minimum atomic E-state index is 0.256. The molecule has 0 atom stereocenters. The normalized spacial score (nSPS) is 11.2. The molecule has 0 N–H and O–H groups in total. The summed E-state index contributed by atoms with van der Waals surface area (Å²) in [7, 11) is 0. The maximum absolute atomic E-state index is 12.6. The highest BCUT2D eigenvalue weighted by atomic mass is 16.2. The van der Waals surface area contributed by atoms with Crippen LogP contribution in [0.15, 0.2) is 30.3 Å². The van der Waals surface area contributed by atoms with Crippen LogP contribution in [0.25, 0.3) is 10.9 Å². The molecule has 120 valence electrons. The number of hydrogen-bond donors (Lipinski definition) is 0. The molecule has 0 amide bonds. The van der Waals surface area contributed by atoms with Gasteiger partial charge in [-0.3, -0.25) is 9.36 Å². The molecular weight excluding hydrogens is 270 g/mol. The molecule has 0 aliphatic carbocycles. The van der Waals surface area contributed by atoms with Crippen LogP contribution in [0, 0.1) is 0 Å². The number of aryl methyl sites for hydroxylation is 1. The lowest BCUT2D eigenvalue weighted by atomic mass is 10.1. The van der Waals surface area contributed by atoms with Gasteiger partial charge in [0.2, 0.25) is 5.91 Å². The fraction of sp³-hybridized carbons (Fsp3) is 0.550. The molecular formula is C20H29NO. The lowest BCUT2D eigenvalue weighted by Crippen LogP contribution is -2.13. The predicted molar refractivity (Wildman–Crippen MR) is 94.6 cm³/mol. The third-order valence-corrected chi connectivity index (χ3v) is 4.32. The highest BCUT2D eigenvalue weighted by molar-refractivity contribution is 5.93. The Labute approximate surface area is 134 Å². The van der Waals surface area contributed by atoms with Crippen molar-refractivity contribution in [2.75, 3.05) is 0 Å². The number of aromatic nitrogens is 1. The zero-order chi connectivity index (χ0) is 15.8. The average molecular weight is 299 g/mol. The van der Waals surface area contributed by atoms with Gasteiger partial charge in [0.25, 0.3) is 0 Å². The maximum Gasteiger partial charge on any atom is 0.231 e. The summed E-state index contributed by atoms with van der Waals surface area (Å²) in [4.78, 5) is 12.6. The van der Waals surface area contributed by atoms with E-state index in [2.05, 4.69) is 32.0 Å². The minimum Gasteiger partial charge on any atom is -0.284 e. The first-order chi connectivity index (χ1) is 10.8. The zero-order valence-corrected chi connectivity index (χ0v) is 14.1. The first kappa shape index (κ1) is 16.8. The third-order valence-electron chi connectivity index (χ3n) is 4.32. The van der Waals surface area contributed by atoms with E-state index in [9.17, 15) is 4.79 Å². The standard InChI is InChI=1S/C20H29NO/c1-3-5-7-8-9-13-18-16-17-12-10-11-14-19(17)21(18)20(22)15-6-4-2/h10-12,14,16H,3-9,13,15H2,1-2H3. The molecule has 2 nitrogen and oxygen atoms in total. The smallest absolute Gasteiger partial charge is 0.231 e. The van der Waals surface area contributed by atoms with E-state index in [1.807, 2.05) is 16.7 Å². The van der Waals surface area contributed by atoms with Gasteiger partial charge in [-0.15, -0.1) is 0 Å². The largest absolute Gasteiger partial charge is 0.284 e. The van der Waals surface area contributed by atoms with Crippen molar-refractivity contribution in [1.82, 2.24) is 4.57 Å². The Morgan fingerprint density at radius 2 is 1.68 bits per heavy atom. The van der Waals surface area contributed by atoms with E-state index in [1.165, 1.54) is 43.2 Å². The minimum absolute atomic E-state index is 0.256. The summed E-state index contributed by atoms with van der Waals surface area (Å²) in [6.07, 6.45) is 10.0. The molecule has 0 spiro atoms. The van der Waals surface area contributed by atoms with Crippen molar-refractivity contribution in [3.05, 3.63) is 36.0 Å². The molecule has 0 bridgehead atoms. The van der Waals surface area contributed by atoms with E-state index in [0.29, 0.717) is 6.42 Å². The number of rotatable bonds is 9. The van der Waals surface area contributed by atoms with E-state index in [-0.39, 0.29) is 5.91 Å². The summed E-state index contributed by atoms with van der Waals surface area (Å²) in [5.41, 5.74) is 2.27. The lowest BCUT2D eigenvalue weighted by molar-refractivity contribution is 0.0902. The molecule has 0 saturated carbocycles. The van der Waals surface area contributed by atoms with Crippen LogP contribution in [0.4, 0.5) is 0 Å². The molecule has 22 heavy (non-hydrogen) atoms. The van der Waals surface area contributed by atoms with Gasteiger partial charge < -0.3 is 0 Å². The van der Waals surface area contributed by atoms with Crippen LogP contribution in [-0.4, -0.2) is 10.5 Å². The van der Waals surface area contributed by atoms with Crippen LogP contribution in [0.3, 0.4) is 0 Å². The van der Waals surface area contributed by atoms with Crippen molar-refractivity contribution in [3.8, 4) is 0 Å². The summed E-state index contributed by atoms with van der Waals surface area (Å²) in [6.45, 7) is 4.37. The highest BCUT2D eigenvalue weighted by Crippen LogP contribution is 2.22. The van der Waals surface area contributed by atoms with Gasteiger partial charge in [-0.1, -0.05) is 64.2 Å². The summed E-state index contributed by atoms with van der Waals surface area (Å²) in [5.74, 6) is 0.256. The van der Waals surface area contributed by atoms with Crippen LogP contribution < -0.4 is 0 Å². The molecule has 2 heteroatoms. The van der Waals surface area contributed by atoms with Gasteiger partial charge in [0.05, 0.1) is 5.52 Å². The van der Waals surface area contributed by atoms with Gasteiger partial charge in [0, 0.05) is 17.5 Å². The van der Waals surface area contributed by atoms with Crippen LogP contribution in [0.1, 0.15) is 75.7 Å². The van der Waals surface area contributed by atoms with Gasteiger partial charge in [0.1, 0.15) is 0 Å². The third kappa shape index (κ3) is 4.22. The molecule has 2 rings (SSSR count). The number of nitrogens with zero attached hydrogens (tertiary/aromatic N) is 1. The average Bonchev–Trinajstić information content (AvgIpc) is 2.90. The van der Waals surface area contributed by atoms with Crippen LogP contribution in [0.2, 0.25) is 0 Å². The fourth-order valence-electron chi connectivity index (χ4n) is 3.04. The molecule has 1 aromatic carbocycles. The van der Waals surface area contributed by atoms with Gasteiger partial charge in [-0.25, -0.2) is 0 Å².